The van der Waals surface area contributed by atoms with Gasteiger partial charge in [-0.25, -0.2) is 4.98 Å². The van der Waals surface area contributed by atoms with E-state index in [-0.39, 0.29) is 5.91 Å². The van der Waals surface area contributed by atoms with E-state index >= 15 is 0 Å². The minimum absolute atomic E-state index is 0.0724. The summed E-state index contributed by atoms with van der Waals surface area (Å²) in [7, 11) is 0. The highest BCUT2D eigenvalue weighted by Crippen LogP contribution is 2.40. The second kappa shape index (κ2) is 5.90. The molecule has 2 saturated carbocycles. The molecular weight excluding hydrogens is 250 g/mol. The largest absolute Gasteiger partial charge is 0.348 e. The molecule has 1 aromatic heterocycles. The lowest BCUT2D eigenvalue weighted by molar-refractivity contribution is 0.0874. The maximum absolute atomic E-state index is 12.2. The monoisotopic (exact) mass is 273 g/mol. The zero-order chi connectivity index (χ0) is 13.9. The minimum Gasteiger partial charge on any atom is -0.348 e. The van der Waals surface area contributed by atoms with Gasteiger partial charge >= 0.3 is 0 Å². The summed E-state index contributed by atoms with van der Waals surface area (Å²) in [6.07, 6.45) is 12.3. The van der Waals surface area contributed by atoms with Crippen molar-refractivity contribution in [3.63, 3.8) is 0 Å². The summed E-state index contributed by atoms with van der Waals surface area (Å²) in [4.78, 5) is 20.5. The van der Waals surface area contributed by atoms with Gasteiger partial charge in [0.05, 0.1) is 11.9 Å². The number of fused-ring (bicyclic) bond motifs is 1. The third kappa shape index (κ3) is 3.00. The van der Waals surface area contributed by atoms with Crippen LogP contribution in [0.3, 0.4) is 0 Å². The molecule has 1 aromatic rings. The quantitative estimate of drug-likeness (QED) is 0.901. The van der Waals surface area contributed by atoms with Crippen LogP contribution in [0.1, 0.15) is 61.1 Å². The zero-order valence-electron chi connectivity index (χ0n) is 12.1. The number of aryl methyl sites for hydroxylation is 1. The van der Waals surface area contributed by atoms with Crippen LogP contribution in [-0.4, -0.2) is 21.9 Å². The fourth-order valence-corrected chi connectivity index (χ4v) is 3.77. The molecule has 0 radical (unpaired) electrons. The van der Waals surface area contributed by atoms with Crippen LogP contribution in [0.4, 0.5) is 0 Å². The number of aromatic nitrogens is 2. The first-order valence-electron chi connectivity index (χ1n) is 7.82. The number of carbonyl (C=O) groups excluding carboxylic acids is 1. The van der Waals surface area contributed by atoms with Gasteiger partial charge in [-0.05, 0) is 38.0 Å². The van der Waals surface area contributed by atoms with Gasteiger partial charge in [0.25, 0.3) is 5.91 Å². The van der Waals surface area contributed by atoms with Gasteiger partial charge in [0, 0.05) is 12.2 Å². The molecule has 0 aliphatic heterocycles. The van der Waals surface area contributed by atoms with E-state index < -0.39 is 0 Å². The highest BCUT2D eigenvalue weighted by Gasteiger charge is 2.32. The molecule has 0 saturated heterocycles. The van der Waals surface area contributed by atoms with E-state index in [2.05, 4.69) is 15.3 Å². The molecule has 1 amide bonds. The van der Waals surface area contributed by atoms with E-state index in [0.717, 1.165) is 30.4 Å². The van der Waals surface area contributed by atoms with Crippen LogP contribution in [0.2, 0.25) is 0 Å². The van der Waals surface area contributed by atoms with Crippen molar-refractivity contribution in [3.8, 4) is 0 Å². The SMILES string of the molecule is Cc1cnc(C(=O)N[C@@H]2CC[C@@H]3CCCC[C@@H]3C2)cn1. The van der Waals surface area contributed by atoms with Crippen LogP contribution in [0, 0.1) is 18.8 Å². The lowest BCUT2D eigenvalue weighted by Crippen LogP contribution is -2.41. The summed E-state index contributed by atoms with van der Waals surface area (Å²) in [6.45, 7) is 1.87. The van der Waals surface area contributed by atoms with Gasteiger partial charge in [-0.1, -0.05) is 25.7 Å². The predicted octanol–water partition coefficient (Wildman–Crippen LogP) is 2.87. The Balaban J connectivity index is 1.58. The number of rotatable bonds is 2. The van der Waals surface area contributed by atoms with Crippen LogP contribution >= 0.6 is 0 Å². The van der Waals surface area contributed by atoms with Gasteiger partial charge in [-0.15, -0.1) is 0 Å². The van der Waals surface area contributed by atoms with Crippen LogP contribution < -0.4 is 5.32 Å². The summed E-state index contributed by atoms with van der Waals surface area (Å²) in [6, 6.07) is 0.324. The number of carbonyl (C=O) groups is 1. The highest BCUT2D eigenvalue weighted by atomic mass is 16.1. The van der Waals surface area contributed by atoms with Crippen LogP contribution in [0.15, 0.2) is 12.4 Å². The fraction of sp³-hybridized carbons (Fsp3) is 0.688. The van der Waals surface area contributed by atoms with E-state index in [1.54, 1.807) is 12.4 Å². The highest BCUT2D eigenvalue weighted by molar-refractivity contribution is 5.92. The van der Waals surface area contributed by atoms with Gasteiger partial charge in [-0.3, -0.25) is 9.78 Å². The van der Waals surface area contributed by atoms with Gasteiger partial charge in [0.2, 0.25) is 0 Å². The number of nitrogens with zero attached hydrogens (tertiary/aromatic N) is 2. The predicted molar refractivity (Wildman–Crippen MR) is 77.3 cm³/mol. The Morgan fingerprint density at radius 1 is 1.10 bits per heavy atom. The Kier molecular flexibility index (Phi) is 3.99. The first kappa shape index (κ1) is 13.5. The standard InChI is InChI=1S/C16H23N3O/c1-11-9-18-15(10-17-11)16(20)19-14-7-6-12-4-2-3-5-13(12)8-14/h9-10,12-14H,2-8H2,1H3,(H,19,20)/t12-,13+,14+/m0/s1. The average molecular weight is 273 g/mol. The number of hydrogen-bond acceptors (Lipinski definition) is 3. The first-order valence-corrected chi connectivity index (χ1v) is 7.82. The molecule has 0 aromatic carbocycles. The second-order valence-corrected chi connectivity index (χ2v) is 6.33. The molecule has 4 nitrogen and oxygen atoms in total. The summed E-state index contributed by atoms with van der Waals surface area (Å²) in [5.41, 5.74) is 1.27. The molecule has 108 valence electrons. The molecule has 3 rings (SSSR count). The lowest BCUT2D eigenvalue weighted by atomic mass is 9.69. The van der Waals surface area contributed by atoms with E-state index in [0.29, 0.717) is 11.7 Å². The van der Waals surface area contributed by atoms with E-state index in [4.69, 9.17) is 0 Å². The molecular formula is C16H23N3O. The fourth-order valence-electron chi connectivity index (χ4n) is 3.77. The minimum atomic E-state index is -0.0724. The van der Waals surface area contributed by atoms with Crippen LogP contribution in [-0.2, 0) is 0 Å². The van der Waals surface area contributed by atoms with Crippen molar-refractivity contribution in [2.24, 2.45) is 11.8 Å². The van der Waals surface area contributed by atoms with Crippen molar-refractivity contribution in [1.82, 2.24) is 15.3 Å². The number of hydrogen-bond donors (Lipinski definition) is 1. The van der Waals surface area contributed by atoms with Gasteiger partial charge in [0.1, 0.15) is 5.69 Å². The van der Waals surface area contributed by atoms with Gasteiger partial charge in [0.15, 0.2) is 0 Å². The van der Waals surface area contributed by atoms with E-state index in [1.165, 1.54) is 32.1 Å². The first-order chi connectivity index (χ1) is 9.72. The average Bonchev–Trinajstić information content (AvgIpc) is 2.48. The van der Waals surface area contributed by atoms with Crippen molar-refractivity contribution in [2.75, 3.05) is 0 Å². The third-order valence-electron chi connectivity index (χ3n) is 4.89. The summed E-state index contributed by atoms with van der Waals surface area (Å²) >= 11 is 0. The van der Waals surface area contributed by atoms with Crippen molar-refractivity contribution < 1.29 is 4.79 Å². The normalized spacial score (nSPS) is 29.6. The van der Waals surface area contributed by atoms with Crippen LogP contribution in [0.5, 0.6) is 0 Å². The van der Waals surface area contributed by atoms with Gasteiger partial charge < -0.3 is 5.32 Å². The summed E-state index contributed by atoms with van der Waals surface area (Å²) < 4.78 is 0. The molecule has 0 bridgehead atoms. The number of nitrogens with one attached hydrogen (secondary N) is 1. The van der Waals surface area contributed by atoms with Crippen molar-refractivity contribution >= 4 is 5.91 Å². The maximum atomic E-state index is 12.2. The topological polar surface area (TPSA) is 54.9 Å². The molecule has 1 heterocycles. The Bertz CT molecular complexity index is 471. The molecule has 2 fully saturated rings. The Morgan fingerprint density at radius 3 is 2.65 bits per heavy atom. The Morgan fingerprint density at radius 2 is 1.90 bits per heavy atom. The zero-order valence-corrected chi connectivity index (χ0v) is 12.1. The molecule has 20 heavy (non-hydrogen) atoms. The van der Waals surface area contributed by atoms with Crippen molar-refractivity contribution in [3.05, 3.63) is 23.8 Å². The lowest BCUT2D eigenvalue weighted by Gasteiger charge is -2.39. The summed E-state index contributed by atoms with van der Waals surface area (Å²) in [5.74, 6) is 1.67. The van der Waals surface area contributed by atoms with Crippen molar-refractivity contribution in [1.29, 1.82) is 0 Å². The number of amides is 1. The molecule has 4 heteroatoms. The molecule has 2 aliphatic carbocycles. The molecule has 1 N–H and O–H groups in total. The molecule has 2 aliphatic rings. The van der Waals surface area contributed by atoms with E-state index in [9.17, 15) is 4.79 Å². The van der Waals surface area contributed by atoms with E-state index in [1.807, 2.05) is 6.92 Å². The molecule has 0 spiro atoms. The Hall–Kier alpha value is -1.45. The second-order valence-electron chi connectivity index (χ2n) is 6.33. The molecule has 0 unspecified atom stereocenters. The molecule has 3 atom stereocenters. The van der Waals surface area contributed by atoms with Crippen LogP contribution in [0.25, 0.3) is 0 Å². The van der Waals surface area contributed by atoms with Crippen molar-refractivity contribution in [2.45, 2.75) is 57.9 Å². The summed E-state index contributed by atoms with van der Waals surface area (Å²) in [5, 5.41) is 3.15. The third-order valence-corrected chi connectivity index (χ3v) is 4.89. The smallest absolute Gasteiger partial charge is 0.271 e. The Labute approximate surface area is 120 Å². The maximum Gasteiger partial charge on any atom is 0.271 e. The van der Waals surface area contributed by atoms with Gasteiger partial charge in [-0.2, -0.15) is 0 Å².